The summed E-state index contributed by atoms with van der Waals surface area (Å²) in [6.07, 6.45) is 0. The largest absolute Gasteiger partial charge is 0.383 e. The number of aromatic amines is 1. The summed E-state index contributed by atoms with van der Waals surface area (Å²) in [5.74, 6) is 2.86. The number of aryl methyl sites for hydroxylation is 1. The van der Waals surface area contributed by atoms with Crippen LogP contribution in [0, 0.1) is 6.92 Å². The van der Waals surface area contributed by atoms with Crippen LogP contribution in [0.25, 0.3) is 11.4 Å². The molecule has 0 aliphatic carbocycles. The second-order valence-corrected chi connectivity index (χ2v) is 6.82. The maximum atomic E-state index is 5.21. The molecule has 0 bridgehead atoms. The predicted octanol–water partition coefficient (Wildman–Crippen LogP) is 3.07. The lowest BCUT2D eigenvalue weighted by atomic mass is 10.1. The first-order valence-corrected chi connectivity index (χ1v) is 9.13. The number of para-hydroxylation sites is 1. The Kier molecular flexibility index (Phi) is 6.10. The Morgan fingerprint density at radius 1 is 1.07 bits per heavy atom. The van der Waals surface area contributed by atoms with Crippen molar-refractivity contribution in [2.75, 3.05) is 56.5 Å². The summed E-state index contributed by atoms with van der Waals surface area (Å²) in [4.78, 5) is 13.7. The lowest BCUT2D eigenvalue weighted by Gasteiger charge is -2.21. The number of H-pyrrole nitrogens is 1. The first-order valence-electron chi connectivity index (χ1n) is 9.13. The highest BCUT2D eigenvalue weighted by molar-refractivity contribution is 5.76. The van der Waals surface area contributed by atoms with Gasteiger partial charge < -0.3 is 19.9 Å². The molecule has 0 aliphatic heterocycles. The van der Waals surface area contributed by atoms with E-state index in [1.807, 2.05) is 63.3 Å². The van der Waals surface area contributed by atoms with E-state index in [2.05, 4.69) is 26.5 Å². The molecule has 3 aromatic rings. The van der Waals surface area contributed by atoms with Gasteiger partial charge in [0.15, 0.2) is 11.6 Å². The third-order valence-corrected chi connectivity index (χ3v) is 4.32. The topological polar surface area (TPSA) is 82.2 Å². The van der Waals surface area contributed by atoms with Crippen molar-refractivity contribution in [3.05, 3.63) is 42.1 Å². The monoisotopic (exact) mass is 381 g/mol. The van der Waals surface area contributed by atoms with Crippen LogP contribution < -0.4 is 15.1 Å². The zero-order valence-corrected chi connectivity index (χ0v) is 17.0. The predicted molar refractivity (Wildman–Crippen MR) is 114 cm³/mol. The molecule has 2 N–H and O–H groups in total. The molecule has 2 heterocycles. The van der Waals surface area contributed by atoms with Gasteiger partial charge in [-0.15, -0.1) is 0 Å². The summed E-state index contributed by atoms with van der Waals surface area (Å²) < 4.78 is 5.21. The molecule has 0 amide bonds. The van der Waals surface area contributed by atoms with Gasteiger partial charge >= 0.3 is 0 Å². The van der Waals surface area contributed by atoms with Crippen LogP contribution in [0.15, 0.2) is 36.4 Å². The molecule has 2 aromatic heterocycles. The summed E-state index contributed by atoms with van der Waals surface area (Å²) in [5.41, 5.74) is 3.00. The van der Waals surface area contributed by atoms with E-state index in [9.17, 15) is 0 Å². The van der Waals surface area contributed by atoms with E-state index in [4.69, 9.17) is 14.7 Å². The number of ether oxygens (including phenoxy) is 1. The highest BCUT2D eigenvalue weighted by Crippen LogP contribution is 2.30. The second-order valence-electron chi connectivity index (χ2n) is 6.82. The van der Waals surface area contributed by atoms with Crippen LogP contribution in [0.3, 0.4) is 0 Å². The summed E-state index contributed by atoms with van der Waals surface area (Å²) in [6, 6.07) is 12.0. The third-order valence-electron chi connectivity index (χ3n) is 4.32. The summed E-state index contributed by atoms with van der Waals surface area (Å²) in [6.45, 7) is 3.30. The van der Waals surface area contributed by atoms with Gasteiger partial charge in [-0.3, -0.25) is 5.10 Å². The van der Waals surface area contributed by atoms with Gasteiger partial charge in [-0.05, 0) is 19.1 Å². The van der Waals surface area contributed by atoms with Crippen LogP contribution in [0.1, 0.15) is 5.69 Å². The van der Waals surface area contributed by atoms with Gasteiger partial charge in [0.25, 0.3) is 0 Å². The minimum absolute atomic E-state index is 0.617. The quantitative estimate of drug-likeness (QED) is 0.620. The first-order chi connectivity index (χ1) is 13.5. The van der Waals surface area contributed by atoms with Gasteiger partial charge in [-0.25, -0.2) is 9.97 Å². The van der Waals surface area contributed by atoms with E-state index in [-0.39, 0.29) is 0 Å². The molecule has 0 fully saturated rings. The van der Waals surface area contributed by atoms with Gasteiger partial charge in [0.1, 0.15) is 11.6 Å². The van der Waals surface area contributed by atoms with E-state index in [1.165, 1.54) is 0 Å². The Balaban J connectivity index is 2.04. The molecule has 3 rings (SSSR count). The van der Waals surface area contributed by atoms with E-state index in [1.54, 1.807) is 7.11 Å². The molecule has 148 valence electrons. The molecule has 1 aromatic carbocycles. The molecule has 0 atom stereocenters. The smallest absolute Gasteiger partial charge is 0.165 e. The summed E-state index contributed by atoms with van der Waals surface area (Å²) in [7, 11) is 7.71. The van der Waals surface area contributed by atoms with Crippen LogP contribution in [0.5, 0.6) is 0 Å². The van der Waals surface area contributed by atoms with Crippen molar-refractivity contribution in [3.63, 3.8) is 0 Å². The van der Waals surface area contributed by atoms with Crippen LogP contribution in [0.4, 0.5) is 23.1 Å². The number of nitrogens with one attached hydrogen (secondary N) is 2. The number of rotatable bonds is 8. The molecule has 0 aliphatic rings. The molecule has 8 nitrogen and oxygen atoms in total. The van der Waals surface area contributed by atoms with Crippen LogP contribution in [-0.2, 0) is 4.74 Å². The molecule has 28 heavy (non-hydrogen) atoms. The van der Waals surface area contributed by atoms with Crippen LogP contribution in [-0.4, -0.2) is 61.6 Å². The fourth-order valence-electron chi connectivity index (χ4n) is 2.82. The number of anilines is 4. The van der Waals surface area contributed by atoms with Crippen molar-refractivity contribution in [3.8, 4) is 11.4 Å². The van der Waals surface area contributed by atoms with Gasteiger partial charge in [0.05, 0.1) is 6.61 Å². The Hall–Kier alpha value is -3.13. The normalized spacial score (nSPS) is 10.8. The maximum absolute atomic E-state index is 5.21. The second kappa shape index (κ2) is 8.71. The van der Waals surface area contributed by atoms with Crippen molar-refractivity contribution >= 4 is 23.1 Å². The first kappa shape index (κ1) is 19.6. The number of aromatic nitrogens is 4. The number of likely N-dealkylation sites (N-methyl/N-ethyl adjacent to an activating group) is 1. The van der Waals surface area contributed by atoms with Gasteiger partial charge in [0, 0.05) is 63.9 Å². The van der Waals surface area contributed by atoms with E-state index >= 15 is 0 Å². The van der Waals surface area contributed by atoms with Crippen LogP contribution in [0.2, 0.25) is 0 Å². The third kappa shape index (κ3) is 4.58. The molecule has 0 saturated carbocycles. The van der Waals surface area contributed by atoms with Crippen molar-refractivity contribution < 1.29 is 4.74 Å². The average Bonchev–Trinajstić information content (AvgIpc) is 3.10. The fourth-order valence-corrected chi connectivity index (χ4v) is 2.82. The molecule has 0 unspecified atom stereocenters. The summed E-state index contributed by atoms with van der Waals surface area (Å²) in [5, 5.41) is 10.4. The van der Waals surface area contributed by atoms with E-state index < -0.39 is 0 Å². The van der Waals surface area contributed by atoms with E-state index in [0.29, 0.717) is 24.1 Å². The molecule has 8 heteroatoms. The van der Waals surface area contributed by atoms with Crippen LogP contribution >= 0.6 is 0 Å². The Bertz CT molecular complexity index is 922. The molecular formula is C20H27N7O. The lowest BCUT2D eigenvalue weighted by Crippen LogP contribution is -2.23. The summed E-state index contributed by atoms with van der Waals surface area (Å²) >= 11 is 0. The van der Waals surface area contributed by atoms with Gasteiger partial charge in [-0.1, -0.05) is 12.1 Å². The Morgan fingerprint density at radius 3 is 2.54 bits per heavy atom. The minimum Gasteiger partial charge on any atom is -0.383 e. The maximum Gasteiger partial charge on any atom is 0.165 e. The Labute approximate surface area is 165 Å². The van der Waals surface area contributed by atoms with Crippen molar-refractivity contribution in [1.29, 1.82) is 0 Å². The molecule has 0 saturated heterocycles. The molecule has 0 spiro atoms. The minimum atomic E-state index is 0.617. The lowest BCUT2D eigenvalue weighted by molar-refractivity contribution is 0.206. The Morgan fingerprint density at radius 2 is 1.86 bits per heavy atom. The number of nitrogens with zero attached hydrogens (tertiary/aromatic N) is 5. The average molecular weight is 381 g/mol. The van der Waals surface area contributed by atoms with E-state index in [0.717, 1.165) is 29.3 Å². The zero-order valence-electron chi connectivity index (χ0n) is 17.0. The molecular weight excluding hydrogens is 354 g/mol. The SMILES string of the molecule is COCCN(C)c1cc(Nc2cc(C)[nH]n2)nc(-c2ccccc2N(C)C)n1. The van der Waals surface area contributed by atoms with Gasteiger partial charge in [0.2, 0.25) is 0 Å². The number of hydrogen-bond donors (Lipinski definition) is 2. The number of methoxy groups -OCH3 is 1. The number of benzene rings is 1. The van der Waals surface area contributed by atoms with Crippen molar-refractivity contribution in [2.45, 2.75) is 6.92 Å². The fraction of sp³-hybridized carbons (Fsp3) is 0.350. The highest BCUT2D eigenvalue weighted by Gasteiger charge is 2.14. The molecule has 0 radical (unpaired) electrons. The van der Waals surface area contributed by atoms with Gasteiger partial charge in [-0.2, -0.15) is 5.10 Å². The van der Waals surface area contributed by atoms with Crippen molar-refractivity contribution in [1.82, 2.24) is 20.2 Å². The number of hydrogen-bond acceptors (Lipinski definition) is 7. The zero-order chi connectivity index (χ0) is 20.1. The standard InChI is InChI=1S/C20H27N7O/c1-14-12-18(25-24-14)21-17-13-19(27(4)10-11-28-5)23-20(22-17)15-8-6-7-9-16(15)26(2)3/h6-9,12-13H,10-11H2,1-5H3,(H2,21,22,23,24,25). The highest BCUT2D eigenvalue weighted by atomic mass is 16.5. The van der Waals surface area contributed by atoms with Crippen molar-refractivity contribution in [2.24, 2.45) is 0 Å².